The summed E-state index contributed by atoms with van der Waals surface area (Å²) in [4.78, 5) is 27.7. The van der Waals surface area contributed by atoms with Crippen molar-refractivity contribution in [3.63, 3.8) is 0 Å². The van der Waals surface area contributed by atoms with Crippen LogP contribution in [0, 0.1) is 5.82 Å². The zero-order chi connectivity index (χ0) is 19.4. The van der Waals surface area contributed by atoms with Gasteiger partial charge in [-0.05, 0) is 36.4 Å². The van der Waals surface area contributed by atoms with Gasteiger partial charge in [0.05, 0.1) is 18.4 Å². The molecule has 1 heterocycles. The summed E-state index contributed by atoms with van der Waals surface area (Å²) >= 11 is 1.09. The van der Waals surface area contributed by atoms with Crippen LogP contribution in [0.5, 0.6) is 5.75 Å². The minimum atomic E-state index is -0.671. The number of primary amides is 1. The van der Waals surface area contributed by atoms with E-state index in [1.807, 2.05) is 0 Å². The largest absolute Gasteiger partial charge is 0.497 e. The molecular weight excluding hydrogens is 371 g/mol. The second kappa shape index (κ2) is 7.83. The number of carbonyl (C=O) groups is 2. The van der Waals surface area contributed by atoms with Crippen LogP contribution in [-0.4, -0.2) is 23.9 Å². The molecule has 7 nitrogen and oxygen atoms in total. The summed E-state index contributed by atoms with van der Waals surface area (Å²) < 4.78 is 18.3. The summed E-state index contributed by atoms with van der Waals surface area (Å²) in [5.74, 6) is -0.929. The molecule has 0 aliphatic heterocycles. The normalized spacial score (nSPS) is 10.3. The Labute approximate surface area is 158 Å². The van der Waals surface area contributed by atoms with E-state index in [1.165, 1.54) is 24.6 Å². The molecule has 4 N–H and O–H groups in total. The van der Waals surface area contributed by atoms with Crippen LogP contribution in [0.1, 0.15) is 20.8 Å². The average Bonchev–Trinajstić information content (AvgIpc) is 3.12. The molecule has 3 aromatic rings. The Bertz CT molecular complexity index is 989. The Morgan fingerprint density at radius 3 is 2.56 bits per heavy atom. The molecule has 0 bridgehead atoms. The number of carbonyl (C=O) groups excluding carboxylic acids is 2. The zero-order valence-corrected chi connectivity index (χ0v) is 15.0. The third-order valence-corrected chi connectivity index (χ3v) is 4.33. The number of benzene rings is 2. The predicted molar refractivity (Wildman–Crippen MR) is 101 cm³/mol. The molecule has 2 aromatic carbocycles. The molecule has 1 aromatic heterocycles. The van der Waals surface area contributed by atoms with Crippen LogP contribution in [0.4, 0.5) is 20.9 Å². The number of nitrogens with one attached hydrogen (secondary N) is 2. The van der Waals surface area contributed by atoms with Crippen molar-refractivity contribution in [3.05, 3.63) is 64.9 Å². The van der Waals surface area contributed by atoms with Gasteiger partial charge >= 0.3 is 0 Å². The van der Waals surface area contributed by atoms with Crippen molar-refractivity contribution in [2.24, 2.45) is 5.73 Å². The third kappa shape index (κ3) is 4.39. The standard InChI is InChI=1S/C18H15FN4O3S/c1-26-12-6-7-13(14(8-12)21-11-4-2-10(19)3-5-11)17(25)23-18-22-15(9-27-18)16(20)24/h2-9,21H,1H3,(H2,20,24)(H,22,23,25). The molecule has 27 heavy (non-hydrogen) atoms. The van der Waals surface area contributed by atoms with Gasteiger partial charge < -0.3 is 15.8 Å². The summed E-state index contributed by atoms with van der Waals surface area (Å²) in [5.41, 5.74) is 6.62. The molecule has 2 amide bonds. The first-order valence-corrected chi connectivity index (χ1v) is 8.61. The molecule has 0 aliphatic rings. The van der Waals surface area contributed by atoms with Crippen LogP contribution in [0.3, 0.4) is 0 Å². The Balaban J connectivity index is 1.87. The first-order valence-electron chi connectivity index (χ1n) is 7.73. The number of nitrogens with two attached hydrogens (primary N) is 1. The maximum Gasteiger partial charge on any atom is 0.268 e. The monoisotopic (exact) mass is 386 g/mol. The maximum atomic E-state index is 13.1. The number of nitrogens with zero attached hydrogens (tertiary/aromatic N) is 1. The van der Waals surface area contributed by atoms with Gasteiger partial charge in [0.25, 0.3) is 11.8 Å². The van der Waals surface area contributed by atoms with Gasteiger partial charge in [-0.25, -0.2) is 9.37 Å². The van der Waals surface area contributed by atoms with E-state index in [2.05, 4.69) is 15.6 Å². The van der Waals surface area contributed by atoms with Crippen molar-refractivity contribution in [2.75, 3.05) is 17.7 Å². The Morgan fingerprint density at radius 2 is 1.93 bits per heavy atom. The quantitative estimate of drug-likeness (QED) is 0.602. The fourth-order valence-electron chi connectivity index (χ4n) is 2.25. The van der Waals surface area contributed by atoms with E-state index in [0.29, 0.717) is 22.7 Å². The molecule has 138 valence electrons. The number of amides is 2. The number of hydrogen-bond acceptors (Lipinski definition) is 6. The number of aromatic nitrogens is 1. The molecule has 0 saturated heterocycles. The smallest absolute Gasteiger partial charge is 0.268 e. The molecule has 3 rings (SSSR count). The molecule has 0 aliphatic carbocycles. The average molecular weight is 386 g/mol. The van der Waals surface area contributed by atoms with Crippen LogP contribution in [-0.2, 0) is 0 Å². The molecule has 0 spiro atoms. The zero-order valence-electron chi connectivity index (χ0n) is 14.2. The van der Waals surface area contributed by atoms with Crippen molar-refractivity contribution < 1.29 is 18.7 Å². The van der Waals surface area contributed by atoms with E-state index in [-0.39, 0.29) is 16.6 Å². The Hall–Kier alpha value is -3.46. The number of hydrogen-bond donors (Lipinski definition) is 3. The minimum absolute atomic E-state index is 0.0784. The lowest BCUT2D eigenvalue weighted by atomic mass is 10.1. The highest BCUT2D eigenvalue weighted by molar-refractivity contribution is 7.14. The molecule has 0 saturated carbocycles. The highest BCUT2D eigenvalue weighted by atomic mass is 32.1. The lowest BCUT2D eigenvalue weighted by molar-refractivity contribution is 0.0992. The van der Waals surface area contributed by atoms with Crippen LogP contribution in [0.15, 0.2) is 47.8 Å². The SMILES string of the molecule is COc1ccc(C(=O)Nc2nc(C(N)=O)cs2)c(Nc2ccc(F)cc2)c1. The summed E-state index contributed by atoms with van der Waals surface area (Å²) in [6.07, 6.45) is 0. The number of ether oxygens (including phenoxy) is 1. The number of thiazole rings is 1. The van der Waals surface area contributed by atoms with Crippen molar-refractivity contribution in [1.29, 1.82) is 0 Å². The van der Waals surface area contributed by atoms with Gasteiger partial charge in [-0.2, -0.15) is 0 Å². The third-order valence-electron chi connectivity index (χ3n) is 3.57. The Kier molecular flexibility index (Phi) is 5.32. The molecule has 0 atom stereocenters. The first kappa shape index (κ1) is 18.3. The minimum Gasteiger partial charge on any atom is -0.497 e. The molecule has 0 unspecified atom stereocenters. The van der Waals surface area contributed by atoms with Crippen LogP contribution in [0.25, 0.3) is 0 Å². The van der Waals surface area contributed by atoms with Crippen molar-refractivity contribution in [3.8, 4) is 5.75 Å². The second-order valence-electron chi connectivity index (χ2n) is 5.40. The highest BCUT2D eigenvalue weighted by Gasteiger charge is 2.16. The number of methoxy groups -OCH3 is 1. The first-order chi connectivity index (χ1) is 13.0. The summed E-state index contributed by atoms with van der Waals surface area (Å²) in [6.45, 7) is 0. The predicted octanol–water partition coefficient (Wildman–Crippen LogP) is 3.39. The van der Waals surface area contributed by atoms with Gasteiger partial charge in [0.15, 0.2) is 5.13 Å². The summed E-state index contributed by atoms with van der Waals surface area (Å²) in [5, 5.41) is 7.40. The lowest BCUT2D eigenvalue weighted by Crippen LogP contribution is -2.15. The van der Waals surface area contributed by atoms with Crippen molar-refractivity contribution in [1.82, 2.24) is 4.98 Å². The van der Waals surface area contributed by atoms with Gasteiger partial charge in [0, 0.05) is 17.1 Å². The van der Waals surface area contributed by atoms with Gasteiger partial charge in [0.2, 0.25) is 0 Å². The van der Waals surface area contributed by atoms with Crippen LogP contribution in [0.2, 0.25) is 0 Å². The number of rotatable bonds is 6. The van der Waals surface area contributed by atoms with E-state index >= 15 is 0 Å². The maximum absolute atomic E-state index is 13.1. The number of anilines is 3. The van der Waals surface area contributed by atoms with E-state index in [9.17, 15) is 14.0 Å². The van der Waals surface area contributed by atoms with Gasteiger partial charge in [-0.15, -0.1) is 11.3 Å². The fourth-order valence-corrected chi connectivity index (χ4v) is 2.94. The van der Waals surface area contributed by atoms with Crippen molar-refractivity contribution in [2.45, 2.75) is 0 Å². The number of halogens is 1. The van der Waals surface area contributed by atoms with E-state index in [1.54, 1.807) is 30.3 Å². The van der Waals surface area contributed by atoms with E-state index in [0.717, 1.165) is 11.3 Å². The van der Waals surface area contributed by atoms with Gasteiger partial charge in [-0.3, -0.25) is 14.9 Å². The van der Waals surface area contributed by atoms with Gasteiger partial charge in [0.1, 0.15) is 17.3 Å². The Morgan fingerprint density at radius 1 is 1.19 bits per heavy atom. The second-order valence-corrected chi connectivity index (χ2v) is 6.26. The lowest BCUT2D eigenvalue weighted by Gasteiger charge is -2.13. The molecule has 0 radical (unpaired) electrons. The van der Waals surface area contributed by atoms with Gasteiger partial charge in [-0.1, -0.05) is 0 Å². The molecule has 9 heteroatoms. The summed E-state index contributed by atoms with van der Waals surface area (Å²) in [7, 11) is 1.51. The van der Waals surface area contributed by atoms with E-state index < -0.39 is 11.8 Å². The van der Waals surface area contributed by atoms with E-state index in [4.69, 9.17) is 10.5 Å². The molecular formula is C18H15FN4O3S. The summed E-state index contributed by atoms with van der Waals surface area (Å²) in [6, 6.07) is 10.6. The molecule has 0 fully saturated rings. The fraction of sp³-hybridized carbons (Fsp3) is 0.0556. The van der Waals surface area contributed by atoms with Crippen LogP contribution >= 0.6 is 11.3 Å². The van der Waals surface area contributed by atoms with Crippen molar-refractivity contribution >= 4 is 39.7 Å². The highest BCUT2D eigenvalue weighted by Crippen LogP contribution is 2.27. The van der Waals surface area contributed by atoms with Crippen LogP contribution < -0.4 is 21.1 Å². The topological polar surface area (TPSA) is 106 Å².